The van der Waals surface area contributed by atoms with Gasteiger partial charge in [0, 0.05) is 37.8 Å². The molecular formula is C19H24N8O3. The number of nitro groups is 1. The van der Waals surface area contributed by atoms with E-state index in [4.69, 9.17) is 4.74 Å². The van der Waals surface area contributed by atoms with Crippen LogP contribution >= 0.6 is 0 Å². The Labute approximate surface area is 173 Å². The molecule has 0 spiro atoms. The highest BCUT2D eigenvalue weighted by molar-refractivity contribution is 5.82. The largest absolute Gasteiger partial charge is 0.490 e. The maximum absolute atomic E-state index is 11.2. The molecule has 2 fully saturated rings. The van der Waals surface area contributed by atoms with Crippen molar-refractivity contribution in [3.8, 4) is 5.75 Å². The van der Waals surface area contributed by atoms with Crippen LogP contribution in [0.2, 0.25) is 0 Å². The van der Waals surface area contributed by atoms with E-state index in [0.717, 1.165) is 51.9 Å². The summed E-state index contributed by atoms with van der Waals surface area (Å²) in [4.78, 5) is 28.7. The molecule has 0 aliphatic carbocycles. The molecule has 2 saturated heterocycles. The lowest BCUT2D eigenvalue weighted by Crippen LogP contribution is -2.25. The summed E-state index contributed by atoms with van der Waals surface area (Å²) < 4.78 is 5.02. The van der Waals surface area contributed by atoms with E-state index in [9.17, 15) is 10.1 Å². The Hall–Kier alpha value is -3.50. The Balaban J connectivity index is 1.54. The minimum absolute atomic E-state index is 0.116. The summed E-state index contributed by atoms with van der Waals surface area (Å²) in [7, 11) is 1.40. The van der Waals surface area contributed by atoms with E-state index in [1.807, 2.05) is 0 Å². The molecule has 0 amide bonds. The Morgan fingerprint density at radius 3 is 2.20 bits per heavy atom. The number of anilines is 3. The molecule has 11 nitrogen and oxygen atoms in total. The van der Waals surface area contributed by atoms with Crippen molar-refractivity contribution >= 4 is 29.7 Å². The number of nitrogens with one attached hydrogen (secondary N) is 1. The average molecular weight is 412 g/mol. The van der Waals surface area contributed by atoms with Gasteiger partial charge in [0.1, 0.15) is 0 Å². The van der Waals surface area contributed by atoms with E-state index < -0.39 is 4.92 Å². The van der Waals surface area contributed by atoms with E-state index in [1.165, 1.54) is 19.4 Å². The Bertz CT molecular complexity index is 905. The van der Waals surface area contributed by atoms with Crippen LogP contribution in [-0.4, -0.2) is 59.4 Å². The molecule has 30 heavy (non-hydrogen) atoms. The van der Waals surface area contributed by atoms with Crippen LogP contribution in [0.1, 0.15) is 31.2 Å². The van der Waals surface area contributed by atoms with Gasteiger partial charge in [-0.2, -0.15) is 20.1 Å². The molecule has 0 radical (unpaired) electrons. The van der Waals surface area contributed by atoms with Gasteiger partial charge >= 0.3 is 5.69 Å². The highest BCUT2D eigenvalue weighted by atomic mass is 16.6. The van der Waals surface area contributed by atoms with E-state index in [1.54, 1.807) is 12.1 Å². The van der Waals surface area contributed by atoms with Crippen LogP contribution in [0.15, 0.2) is 23.3 Å². The summed E-state index contributed by atoms with van der Waals surface area (Å²) in [6.45, 7) is 3.73. The third-order valence-corrected chi connectivity index (χ3v) is 5.17. The molecule has 0 unspecified atom stereocenters. The smallest absolute Gasteiger partial charge is 0.311 e. The molecule has 1 aromatic carbocycles. The number of hydrazone groups is 1. The first kappa shape index (κ1) is 19.8. The van der Waals surface area contributed by atoms with Gasteiger partial charge in [-0.25, -0.2) is 5.43 Å². The fourth-order valence-corrected chi connectivity index (χ4v) is 3.62. The maximum atomic E-state index is 11.2. The molecule has 0 saturated carbocycles. The molecule has 2 aliphatic rings. The first-order valence-electron chi connectivity index (χ1n) is 10.0. The lowest BCUT2D eigenvalue weighted by Gasteiger charge is -2.20. The van der Waals surface area contributed by atoms with Gasteiger partial charge in [0.05, 0.1) is 18.2 Å². The second-order valence-corrected chi connectivity index (χ2v) is 7.21. The molecule has 1 N–H and O–H groups in total. The zero-order chi connectivity index (χ0) is 20.9. The summed E-state index contributed by atoms with van der Waals surface area (Å²) in [5, 5.41) is 15.4. The number of nitrogens with zero attached hydrogens (tertiary/aromatic N) is 7. The van der Waals surface area contributed by atoms with Crippen molar-refractivity contribution in [3.63, 3.8) is 0 Å². The van der Waals surface area contributed by atoms with E-state index in [2.05, 4.69) is 35.3 Å². The fourth-order valence-electron chi connectivity index (χ4n) is 3.62. The van der Waals surface area contributed by atoms with Crippen LogP contribution in [0.3, 0.4) is 0 Å². The number of methoxy groups -OCH3 is 1. The number of ether oxygens (including phenoxy) is 1. The predicted octanol–water partition coefficient (Wildman–Crippen LogP) is 2.43. The summed E-state index contributed by atoms with van der Waals surface area (Å²) in [5.41, 5.74) is 3.29. The van der Waals surface area contributed by atoms with Crippen molar-refractivity contribution < 1.29 is 9.66 Å². The van der Waals surface area contributed by atoms with Crippen LogP contribution in [0.4, 0.5) is 23.5 Å². The van der Waals surface area contributed by atoms with Crippen molar-refractivity contribution in [2.24, 2.45) is 5.10 Å². The van der Waals surface area contributed by atoms with Gasteiger partial charge < -0.3 is 14.5 Å². The van der Waals surface area contributed by atoms with Crippen molar-refractivity contribution in [1.29, 1.82) is 0 Å². The number of aromatic nitrogens is 3. The third-order valence-electron chi connectivity index (χ3n) is 5.17. The standard InChI is InChI=1S/C19H24N8O3/c1-30-16-7-6-14(12-15(16)27(28)29)13-20-24-17-21-18(25-8-2-3-9-25)23-19(22-17)26-10-4-5-11-26/h6-7,12-13H,2-5,8-11H2,1H3,(H,21,22,23,24)/b20-13-. The highest BCUT2D eigenvalue weighted by Gasteiger charge is 2.21. The monoisotopic (exact) mass is 412 g/mol. The average Bonchev–Trinajstić information content (AvgIpc) is 3.47. The Morgan fingerprint density at radius 2 is 1.67 bits per heavy atom. The number of nitro benzene ring substituents is 1. The number of benzene rings is 1. The van der Waals surface area contributed by atoms with E-state index >= 15 is 0 Å². The molecular weight excluding hydrogens is 388 g/mol. The normalized spacial score (nSPS) is 16.4. The van der Waals surface area contributed by atoms with Crippen molar-refractivity contribution in [2.75, 3.05) is 48.5 Å². The first-order chi connectivity index (χ1) is 14.6. The van der Waals surface area contributed by atoms with Crippen molar-refractivity contribution in [3.05, 3.63) is 33.9 Å². The zero-order valence-electron chi connectivity index (χ0n) is 16.8. The minimum atomic E-state index is -0.486. The maximum Gasteiger partial charge on any atom is 0.311 e. The van der Waals surface area contributed by atoms with Gasteiger partial charge in [0.15, 0.2) is 5.75 Å². The van der Waals surface area contributed by atoms with Crippen LogP contribution in [0.25, 0.3) is 0 Å². The lowest BCUT2D eigenvalue weighted by molar-refractivity contribution is -0.385. The van der Waals surface area contributed by atoms with Gasteiger partial charge in [0.2, 0.25) is 17.8 Å². The molecule has 2 aliphatic heterocycles. The third kappa shape index (κ3) is 4.39. The number of rotatable bonds is 7. The molecule has 11 heteroatoms. The van der Waals surface area contributed by atoms with Crippen LogP contribution in [0, 0.1) is 10.1 Å². The van der Waals surface area contributed by atoms with Gasteiger partial charge in [-0.1, -0.05) is 0 Å². The summed E-state index contributed by atoms with van der Waals surface area (Å²) >= 11 is 0. The predicted molar refractivity (Wildman–Crippen MR) is 114 cm³/mol. The lowest BCUT2D eigenvalue weighted by atomic mass is 10.2. The molecule has 2 aromatic rings. The fraction of sp³-hybridized carbons (Fsp3) is 0.474. The van der Waals surface area contributed by atoms with Gasteiger partial charge in [-0.15, -0.1) is 0 Å². The molecule has 4 rings (SSSR count). The van der Waals surface area contributed by atoms with Gasteiger partial charge in [0.25, 0.3) is 0 Å². The SMILES string of the molecule is COc1ccc(/C=N\Nc2nc(N3CCCC3)nc(N3CCCC3)n2)cc1[N+](=O)[O-]. The quantitative estimate of drug-likeness (QED) is 0.415. The first-order valence-corrected chi connectivity index (χ1v) is 10.0. The van der Waals surface area contributed by atoms with Crippen LogP contribution in [0.5, 0.6) is 5.75 Å². The van der Waals surface area contributed by atoms with E-state index in [-0.39, 0.29) is 11.4 Å². The second kappa shape index (κ2) is 8.89. The molecule has 158 valence electrons. The Morgan fingerprint density at radius 1 is 1.07 bits per heavy atom. The number of hydrogen-bond acceptors (Lipinski definition) is 10. The minimum Gasteiger partial charge on any atom is -0.490 e. The van der Waals surface area contributed by atoms with Crippen molar-refractivity contribution in [2.45, 2.75) is 25.7 Å². The summed E-state index contributed by atoms with van der Waals surface area (Å²) in [6, 6.07) is 4.64. The van der Waals surface area contributed by atoms with Crippen molar-refractivity contribution in [1.82, 2.24) is 15.0 Å². The molecule has 1 aromatic heterocycles. The van der Waals surface area contributed by atoms with E-state index in [0.29, 0.717) is 23.4 Å². The van der Waals surface area contributed by atoms with Crippen LogP contribution in [-0.2, 0) is 0 Å². The summed E-state index contributed by atoms with van der Waals surface area (Å²) in [5.74, 6) is 1.87. The van der Waals surface area contributed by atoms with Gasteiger partial charge in [-0.05, 0) is 37.8 Å². The molecule has 0 atom stereocenters. The van der Waals surface area contributed by atoms with Gasteiger partial charge in [-0.3, -0.25) is 10.1 Å². The highest BCUT2D eigenvalue weighted by Crippen LogP contribution is 2.27. The van der Waals surface area contributed by atoms with Crippen LogP contribution < -0.4 is 20.0 Å². The number of hydrogen-bond donors (Lipinski definition) is 1. The summed E-state index contributed by atoms with van der Waals surface area (Å²) in [6.07, 6.45) is 5.99. The Kier molecular flexibility index (Phi) is 5.87. The topological polar surface area (TPSA) is 122 Å². The molecule has 0 bridgehead atoms. The zero-order valence-corrected chi connectivity index (χ0v) is 16.8. The molecule has 3 heterocycles. The second-order valence-electron chi connectivity index (χ2n) is 7.21.